The van der Waals surface area contributed by atoms with Crippen LogP contribution in [0, 0.1) is 0 Å². The number of halogens is 4. The summed E-state index contributed by atoms with van der Waals surface area (Å²) >= 11 is 0. The summed E-state index contributed by atoms with van der Waals surface area (Å²) in [4.78, 5) is 15.9. The molecule has 3 aliphatic rings. The van der Waals surface area contributed by atoms with Crippen molar-refractivity contribution in [3.05, 3.63) is 18.3 Å². The lowest BCUT2D eigenvalue weighted by molar-refractivity contribution is -0.0494. The summed E-state index contributed by atoms with van der Waals surface area (Å²) in [6.07, 6.45) is 1.43. The second kappa shape index (κ2) is 7.57. The molecule has 3 aliphatic heterocycles. The van der Waals surface area contributed by atoms with Crippen molar-refractivity contribution in [1.29, 1.82) is 0 Å². The summed E-state index contributed by atoms with van der Waals surface area (Å²) in [5.41, 5.74) is 6.12. The van der Waals surface area contributed by atoms with Crippen molar-refractivity contribution in [3.8, 4) is 17.0 Å². The molecule has 14 heteroatoms. The maximum Gasteiger partial charge on any atom is 0.387 e. The molecule has 0 saturated carbocycles. The van der Waals surface area contributed by atoms with Crippen molar-refractivity contribution in [2.75, 3.05) is 40.9 Å². The van der Waals surface area contributed by atoms with E-state index in [1.54, 1.807) is 6.07 Å². The molecule has 2 bridgehead atoms. The maximum absolute atomic E-state index is 13.8. The molecular weight excluding hydrogens is 468 g/mol. The summed E-state index contributed by atoms with van der Waals surface area (Å²) in [7, 11) is -3.16. The van der Waals surface area contributed by atoms with E-state index in [4.69, 9.17) is 5.73 Å². The number of aromatic nitrogens is 3. The molecule has 5 rings (SSSR count). The van der Waals surface area contributed by atoms with Crippen molar-refractivity contribution in [1.82, 2.24) is 15.0 Å². The molecule has 0 amide bonds. The van der Waals surface area contributed by atoms with Gasteiger partial charge in [0.1, 0.15) is 5.82 Å². The summed E-state index contributed by atoms with van der Waals surface area (Å²) in [5.74, 6) is -3.07. The number of rotatable bonds is 5. The van der Waals surface area contributed by atoms with E-state index in [0.29, 0.717) is 12.2 Å². The zero-order valence-corrected chi connectivity index (χ0v) is 18.0. The second-order valence-corrected chi connectivity index (χ2v) is 10.7. The number of sulfone groups is 1. The van der Waals surface area contributed by atoms with E-state index in [9.17, 15) is 26.0 Å². The van der Waals surface area contributed by atoms with Crippen LogP contribution in [0.2, 0.25) is 0 Å². The number of nitrogens with two attached hydrogens (primary N) is 1. The number of hydrogen-bond donors (Lipinski definition) is 1. The van der Waals surface area contributed by atoms with Gasteiger partial charge >= 0.3 is 6.61 Å². The van der Waals surface area contributed by atoms with E-state index in [1.165, 1.54) is 17.2 Å². The van der Waals surface area contributed by atoms with Crippen LogP contribution in [0.25, 0.3) is 11.3 Å². The van der Waals surface area contributed by atoms with Gasteiger partial charge in [-0.05, 0) is 12.5 Å². The molecule has 0 radical (unpaired) electrons. The minimum Gasteiger partial charge on any atom is -0.431 e. The van der Waals surface area contributed by atoms with Gasteiger partial charge in [0.15, 0.2) is 21.4 Å². The summed E-state index contributed by atoms with van der Waals surface area (Å²) in [6, 6.07) is 2.52. The molecule has 9 nitrogen and oxygen atoms in total. The molecule has 0 spiro atoms. The van der Waals surface area contributed by atoms with Gasteiger partial charge in [-0.2, -0.15) is 13.8 Å². The Morgan fingerprint density at radius 2 is 2.03 bits per heavy atom. The third-order valence-electron chi connectivity index (χ3n) is 6.15. The predicted octanol–water partition coefficient (Wildman–Crippen LogP) is 1.94. The predicted molar refractivity (Wildman–Crippen MR) is 111 cm³/mol. The Morgan fingerprint density at radius 3 is 2.64 bits per heavy atom. The highest BCUT2D eigenvalue weighted by Crippen LogP contribution is 2.38. The number of nitrogens with zero attached hydrogens (tertiary/aromatic N) is 5. The monoisotopic (exact) mass is 488 g/mol. The SMILES string of the molecule is Nc1ncc(-c2cc(N3CC4CC3CS4(=O)=O)nc(N3CCC(F)(F)C3)n2)cc1OC(F)F. The third-order valence-corrected chi connectivity index (χ3v) is 8.36. The molecule has 3 fully saturated rings. The van der Waals surface area contributed by atoms with Gasteiger partial charge in [0, 0.05) is 43.4 Å². The van der Waals surface area contributed by atoms with Gasteiger partial charge in [0.25, 0.3) is 5.92 Å². The minimum absolute atomic E-state index is 0.01000. The maximum atomic E-state index is 13.8. The Morgan fingerprint density at radius 1 is 1.24 bits per heavy atom. The van der Waals surface area contributed by atoms with Gasteiger partial charge in [-0.3, -0.25) is 0 Å². The summed E-state index contributed by atoms with van der Waals surface area (Å²) in [6.45, 7) is -3.40. The second-order valence-electron chi connectivity index (χ2n) is 8.42. The first kappa shape index (κ1) is 21.9. The number of ether oxygens (including phenoxy) is 1. The molecular formula is C19H20F4N6O3S. The van der Waals surface area contributed by atoms with E-state index < -0.39 is 34.2 Å². The Hall–Kier alpha value is -2.90. The molecule has 33 heavy (non-hydrogen) atoms. The van der Waals surface area contributed by atoms with Crippen LogP contribution < -0.4 is 20.3 Å². The summed E-state index contributed by atoms with van der Waals surface area (Å²) in [5, 5.41) is -0.510. The Bertz CT molecular complexity index is 1200. The van der Waals surface area contributed by atoms with Crippen LogP contribution in [0.15, 0.2) is 18.3 Å². The van der Waals surface area contributed by atoms with Crippen molar-refractivity contribution in [3.63, 3.8) is 0 Å². The average molecular weight is 488 g/mol. The molecule has 178 valence electrons. The third kappa shape index (κ3) is 4.11. The average Bonchev–Trinajstić information content (AvgIpc) is 3.40. The molecule has 3 saturated heterocycles. The number of alkyl halides is 4. The molecule has 0 aliphatic carbocycles. The molecule has 2 unspecified atom stereocenters. The Labute approximate surface area is 186 Å². The van der Waals surface area contributed by atoms with Crippen molar-refractivity contribution in [2.24, 2.45) is 0 Å². The van der Waals surface area contributed by atoms with E-state index in [-0.39, 0.29) is 60.1 Å². The van der Waals surface area contributed by atoms with Crippen molar-refractivity contribution >= 4 is 27.4 Å². The minimum atomic E-state index is -3.16. The van der Waals surface area contributed by atoms with E-state index in [0.717, 1.165) is 0 Å². The first-order valence-corrected chi connectivity index (χ1v) is 11.9. The highest BCUT2D eigenvalue weighted by molar-refractivity contribution is 7.92. The molecule has 2 N–H and O–H groups in total. The van der Waals surface area contributed by atoms with Gasteiger partial charge < -0.3 is 20.3 Å². The summed E-state index contributed by atoms with van der Waals surface area (Å²) < 4.78 is 81.9. The Balaban J connectivity index is 1.56. The standard InChI is InChI=1S/C19H20F4N6O3S/c20-17(21)32-14-3-10(6-25-16(14)24)13-5-15(29-7-12-4-11(29)8-33(12,30)31)27-18(26-13)28-2-1-19(22,23)9-28/h3,5-6,11-12,17H,1-2,4,7-9H2,(H2,24,25). The van der Waals surface area contributed by atoms with E-state index >= 15 is 0 Å². The molecule has 2 atom stereocenters. The van der Waals surface area contributed by atoms with Gasteiger partial charge in [-0.1, -0.05) is 0 Å². The van der Waals surface area contributed by atoms with Crippen LogP contribution in [0.1, 0.15) is 12.8 Å². The van der Waals surface area contributed by atoms with Crippen LogP contribution in [0.5, 0.6) is 5.75 Å². The van der Waals surface area contributed by atoms with Crippen LogP contribution >= 0.6 is 0 Å². The van der Waals surface area contributed by atoms with Gasteiger partial charge in [0.2, 0.25) is 5.95 Å². The smallest absolute Gasteiger partial charge is 0.387 e. The zero-order chi connectivity index (χ0) is 23.5. The van der Waals surface area contributed by atoms with Crippen molar-refractivity contribution in [2.45, 2.75) is 36.7 Å². The fourth-order valence-electron chi connectivity index (χ4n) is 4.53. The highest BCUT2D eigenvalue weighted by Gasteiger charge is 2.49. The molecule has 2 aromatic rings. The quantitative estimate of drug-likeness (QED) is 0.631. The van der Waals surface area contributed by atoms with Crippen LogP contribution in [-0.2, 0) is 9.84 Å². The number of anilines is 3. The van der Waals surface area contributed by atoms with Crippen LogP contribution in [0.4, 0.5) is 35.1 Å². The molecule has 2 aromatic heterocycles. The first-order chi connectivity index (χ1) is 15.5. The number of nitrogen functional groups attached to an aromatic ring is 1. The first-order valence-electron chi connectivity index (χ1n) is 10.2. The largest absolute Gasteiger partial charge is 0.431 e. The topological polar surface area (TPSA) is 115 Å². The highest BCUT2D eigenvalue weighted by atomic mass is 32.2. The van der Waals surface area contributed by atoms with Gasteiger partial charge in [-0.25, -0.2) is 27.2 Å². The van der Waals surface area contributed by atoms with E-state index in [1.807, 2.05) is 4.90 Å². The lowest BCUT2D eigenvalue weighted by atomic mass is 10.2. The van der Waals surface area contributed by atoms with Gasteiger partial charge in [-0.15, -0.1) is 0 Å². The van der Waals surface area contributed by atoms with Crippen LogP contribution in [-0.4, -0.2) is 72.6 Å². The van der Waals surface area contributed by atoms with Crippen LogP contribution in [0.3, 0.4) is 0 Å². The van der Waals surface area contributed by atoms with Crippen molar-refractivity contribution < 1.29 is 30.7 Å². The molecule has 0 aromatic carbocycles. The zero-order valence-electron chi connectivity index (χ0n) is 17.2. The lowest BCUT2D eigenvalue weighted by Crippen LogP contribution is -2.41. The fourth-order valence-corrected chi connectivity index (χ4v) is 6.55. The number of pyridine rings is 1. The fraction of sp³-hybridized carbons (Fsp3) is 0.526. The normalized spacial score (nSPS) is 25.2. The molecule has 5 heterocycles. The van der Waals surface area contributed by atoms with Gasteiger partial charge in [0.05, 0.1) is 23.2 Å². The lowest BCUT2D eigenvalue weighted by Gasteiger charge is -2.29. The number of hydrogen-bond acceptors (Lipinski definition) is 9. The van der Waals surface area contributed by atoms with E-state index in [2.05, 4.69) is 19.7 Å². The number of fused-ring (bicyclic) bond motifs is 2. The Kier molecular flexibility index (Phi) is 5.03.